The normalized spacial score (nSPS) is 13.0. The molecule has 4 heteroatoms. The molecule has 0 heterocycles. The van der Waals surface area contributed by atoms with Crippen molar-refractivity contribution in [3.63, 3.8) is 0 Å². The first-order valence-corrected chi connectivity index (χ1v) is 26.9. The van der Waals surface area contributed by atoms with E-state index < -0.39 is 0 Å². The fourth-order valence-corrected chi connectivity index (χ4v) is 11.4. The molecule has 2 aliphatic rings. The van der Waals surface area contributed by atoms with E-state index in [9.17, 15) is 0 Å². The van der Waals surface area contributed by atoms with Crippen LogP contribution >= 0.6 is 54.5 Å². The minimum atomic E-state index is -0.0493. The molecule has 10 aromatic rings. The van der Waals surface area contributed by atoms with E-state index in [0.29, 0.717) is 0 Å². The number of benzene rings is 10. The number of fused-ring (bicyclic) bond motifs is 6. The lowest BCUT2D eigenvalue weighted by molar-refractivity contribution is 0.659. The van der Waals surface area contributed by atoms with Gasteiger partial charge in [0.1, 0.15) is 0 Å². The zero-order chi connectivity index (χ0) is 49.1. The molecule has 0 saturated carbocycles. The average Bonchev–Trinajstić information content (AvgIpc) is 3.78. The maximum Gasteiger partial charge on any atom is 0.0540 e. The summed E-state index contributed by atoms with van der Waals surface area (Å²) in [5.74, 6) is 0. The van der Waals surface area contributed by atoms with E-state index in [2.05, 4.69) is 318 Å². The highest BCUT2D eigenvalue weighted by atomic mass is 127. The zero-order valence-electron chi connectivity index (χ0n) is 40.4. The van der Waals surface area contributed by atoms with Gasteiger partial charge in [-0.3, -0.25) is 0 Å². The molecule has 0 bridgehead atoms. The summed E-state index contributed by atoms with van der Waals surface area (Å²) < 4.78 is 3.48. The van der Waals surface area contributed by atoms with Gasteiger partial charge in [0.15, 0.2) is 0 Å². The highest BCUT2D eigenvalue weighted by Crippen LogP contribution is 2.52. The largest absolute Gasteiger partial charge is 0.310 e. The fourth-order valence-electron chi connectivity index (χ4n) is 10.5. The summed E-state index contributed by atoms with van der Waals surface area (Å²) in [6.07, 6.45) is 0.949. The molecule has 0 fully saturated rings. The Labute approximate surface area is 450 Å². The minimum Gasteiger partial charge on any atom is -0.310 e. The van der Waals surface area contributed by atoms with Crippen molar-refractivity contribution in [2.24, 2.45) is 0 Å². The highest BCUT2D eigenvalue weighted by molar-refractivity contribution is 14.1. The first kappa shape index (κ1) is 48.3. The van der Waals surface area contributed by atoms with Gasteiger partial charge in [-0.1, -0.05) is 235 Å². The van der Waals surface area contributed by atoms with Crippen LogP contribution in [0.1, 0.15) is 61.1 Å². The Kier molecular flexibility index (Phi) is 14.2. The number of hydrogen-bond acceptors (Lipinski definition) is 1. The molecule has 1 nitrogen and oxygen atoms in total. The topological polar surface area (TPSA) is 3.24 Å². The predicted molar refractivity (Wildman–Crippen MR) is 317 cm³/mol. The van der Waals surface area contributed by atoms with Gasteiger partial charge in [-0.15, -0.1) is 0 Å². The van der Waals surface area contributed by atoms with Gasteiger partial charge in [0.25, 0.3) is 0 Å². The molecule has 10 aromatic carbocycles. The van der Waals surface area contributed by atoms with Crippen LogP contribution in [0.3, 0.4) is 0 Å². The summed E-state index contributed by atoms with van der Waals surface area (Å²) in [6, 6.07) is 87.2. The molecule has 0 radical (unpaired) electrons. The SMILES string of the molecule is Brc1ccc(I)cc1.CC1(C)c2ccccc2-c2ccc(Cc3ccccc3-c3ccccc3)cc21.CC1(C)c2ccccc2-c2ccc(N(c3ccc(Br)cc3)c3ccccc3-c3ccccc3)cc21. The first-order valence-electron chi connectivity index (χ1n) is 24.2. The molecule has 0 spiro atoms. The number of para-hydroxylation sites is 1. The molecule has 0 unspecified atom stereocenters. The maximum absolute atomic E-state index is 3.61. The quantitative estimate of drug-likeness (QED) is 0.144. The Bertz CT molecular complexity index is 3450. The molecule has 348 valence electrons. The summed E-state index contributed by atoms with van der Waals surface area (Å²) in [4.78, 5) is 2.38. The van der Waals surface area contributed by atoms with Crippen LogP contribution in [0.15, 0.2) is 252 Å². The standard InChI is InChI=1S/C33H26BrN.C28H24.C6H4BrI/c1-33(2)30-14-8-6-13-28(30)29-21-20-26(22-31(29)33)35(25-18-16-24(34)17-19-25)32-15-9-7-12-27(32)23-10-4-3-5-11-23;1-28(2)26-15-9-8-14-24(26)25-17-16-20(19-27(25)28)18-22-12-6-7-13-23(22)21-10-4-3-5-11-21;7-5-1-3-6(8)4-2-5/h3-22H,1-2H3;3-17,19H,18H2,1-2H3;1-4H. The number of hydrogen-bond donors (Lipinski definition) is 0. The second-order valence-corrected chi connectivity index (χ2v) is 22.4. The van der Waals surface area contributed by atoms with E-state index in [0.717, 1.165) is 32.4 Å². The smallest absolute Gasteiger partial charge is 0.0540 e. The summed E-state index contributed by atoms with van der Waals surface area (Å²) in [6.45, 7) is 9.37. The van der Waals surface area contributed by atoms with Crippen LogP contribution in [0, 0.1) is 3.57 Å². The predicted octanol–water partition coefficient (Wildman–Crippen LogP) is 20.2. The maximum atomic E-state index is 3.61. The molecule has 0 aliphatic heterocycles. The van der Waals surface area contributed by atoms with Crippen molar-refractivity contribution < 1.29 is 0 Å². The Morgan fingerprint density at radius 2 is 0.789 bits per heavy atom. The van der Waals surface area contributed by atoms with Crippen LogP contribution in [-0.2, 0) is 17.3 Å². The van der Waals surface area contributed by atoms with Crippen LogP contribution in [0.5, 0.6) is 0 Å². The molecule has 0 atom stereocenters. The Hall–Kier alpha value is -6.31. The van der Waals surface area contributed by atoms with Gasteiger partial charge in [-0.05, 0) is 168 Å². The monoisotopic (exact) mass is 1160 g/mol. The van der Waals surface area contributed by atoms with Crippen molar-refractivity contribution >= 4 is 71.5 Å². The van der Waals surface area contributed by atoms with Crippen molar-refractivity contribution in [1.29, 1.82) is 0 Å². The van der Waals surface area contributed by atoms with Crippen LogP contribution in [-0.4, -0.2) is 0 Å². The van der Waals surface area contributed by atoms with Crippen molar-refractivity contribution in [1.82, 2.24) is 0 Å². The van der Waals surface area contributed by atoms with Crippen LogP contribution in [0.25, 0.3) is 44.5 Å². The van der Waals surface area contributed by atoms with E-state index in [1.165, 1.54) is 81.5 Å². The third-order valence-corrected chi connectivity index (χ3v) is 15.9. The average molecular weight is 1160 g/mol. The third-order valence-electron chi connectivity index (χ3n) is 14.1. The van der Waals surface area contributed by atoms with E-state index in [-0.39, 0.29) is 10.8 Å². The van der Waals surface area contributed by atoms with E-state index in [4.69, 9.17) is 0 Å². The van der Waals surface area contributed by atoms with Crippen molar-refractivity contribution in [2.45, 2.75) is 44.9 Å². The van der Waals surface area contributed by atoms with Crippen molar-refractivity contribution in [2.75, 3.05) is 4.90 Å². The Morgan fingerprint density at radius 3 is 1.37 bits per heavy atom. The van der Waals surface area contributed by atoms with Gasteiger partial charge in [-0.25, -0.2) is 0 Å². The van der Waals surface area contributed by atoms with Crippen LogP contribution in [0.2, 0.25) is 0 Å². The van der Waals surface area contributed by atoms with Crippen molar-refractivity contribution in [3.8, 4) is 44.5 Å². The summed E-state index contributed by atoms with van der Waals surface area (Å²) in [5, 5.41) is 0. The summed E-state index contributed by atoms with van der Waals surface area (Å²) >= 11 is 9.23. The van der Waals surface area contributed by atoms with E-state index in [1.807, 2.05) is 12.1 Å². The molecule has 12 rings (SSSR count). The minimum absolute atomic E-state index is 0.0493. The number of anilines is 3. The molecule has 2 aliphatic carbocycles. The number of halogens is 3. The van der Waals surface area contributed by atoms with Gasteiger partial charge in [0.05, 0.1) is 5.69 Å². The number of rotatable bonds is 7. The van der Waals surface area contributed by atoms with Gasteiger partial charge in [0, 0.05) is 40.3 Å². The van der Waals surface area contributed by atoms with Gasteiger partial charge >= 0.3 is 0 Å². The molecular formula is C67H54Br2IN. The van der Waals surface area contributed by atoms with Gasteiger partial charge in [-0.2, -0.15) is 0 Å². The molecular weight excluding hydrogens is 1110 g/mol. The zero-order valence-corrected chi connectivity index (χ0v) is 45.7. The highest BCUT2D eigenvalue weighted by Gasteiger charge is 2.37. The second-order valence-electron chi connectivity index (χ2n) is 19.3. The summed E-state index contributed by atoms with van der Waals surface area (Å²) in [7, 11) is 0. The third kappa shape index (κ3) is 10.00. The molecule has 71 heavy (non-hydrogen) atoms. The lowest BCUT2D eigenvalue weighted by Crippen LogP contribution is -2.16. The lowest BCUT2D eigenvalue weighted by atomic mass is 9.81. The Morgan fingerprint density at radius 1 is 0.366 bits per heavy atom. The Balaban J connectivity index is 0.000000144. The molecule has 0 saturated heterocycles. The molecule has 0 amide bonds. The first-order chi connectivity index (χ1) is 34.5. The van der Waals surface area contributed by atoms with Crippen molar-refractivity contribution in [3.05, 3.63) is 289 Å². The van der Waals surface area contributed by atoms with E-state index in [1.54, 1.807) is 0 Å². The second kappa shape index (κ2) is 20.8. The summed E-state index contributed by atoms with van der Waals surface area (Å²) in [5.41, 5.74) is 22.3. The number of nitrogens with zero attached hydrogens (tertiary/aromatic N) is 1. The lowest BCUT2D eigenvalue weighted by Gasteiger charge is -2.29. The van der Waals surface area contributed by atoms with Crippen LogP contribution < -0.4 is 4.90 Å². The van der Waals surface area contributed by atoms with Gasteiger partial charge in [0.2, 0.25) is 0 Å². The molecule has 0 aromatic heterocycles. The molecule has 0 N–H and O–H groups in total. The van der Waals surface area contributed by atoms with E-state index >= 15 is 0 Å². The van der Waals surface area contributed by atoms with Gasteiger partial charge < -0.3 is 4.90 Å². The van der Waals surface area contributed by atoms with Crippen LogP contribution in [0.4, 0.5) is 17.1 Å². The fraction of sp³-hybridized carbons (Fsp3) is 0.104.